The maximum Gasteiger partial charge on any atom is 0.316 e. The van der Waals surface area contributed by atoms with Crippen LogP contribution in [0.2, 0.25) is 0 Å². The Kier molecular flexibility index (Phi) is 2.33. The van der Waals surface area contributed by atoms with Crippen molar-refractivity contribution >= 4 is 17.7 Å². The predicted molar refractivity (Wildman–Crippen MR) is 42.6 cm³/mol. The van der Waals surface area contributed by atoms with E-state index in [1.165, 1.54) is 11.8 Å². The molecule has 0 saturated carbocycles. The first-order valence-corrected chi connectivity index (χ1v) is 4.74. The van der Waals surface area contributed by atoms with Gasteiger partial charge in [-0.3, -0.25) is 4.79 Å². The number of carboxylic acid groups (broad SMARTS) is 1. The van der Waals surface area contributed by atoms with Crippen molar-refractivity contribution in [2.75, 3.05) is 11.5 Å². The van der Waals surface area contributed by atoms with Gasteiger partial charge in [-0.2, -0.15) is 11.8 Å². The van der Waals surface area contributed by atoms with Crippen molar-refractivity contribution in [3.63, 3.8) is 0 Å². The second kappa shape index (κ2) is 2.87. The third-order valence-electron chi connectivity index (χ3n) is 2.23. The van der Waals surface area contributed by atoms with Crippen molar-refractivity contribution in [2.24, 2.45) is 5.41 Å². The van der Waals surface area contributed by atoms with Gasteiger partial charge in [0, 0.05) is 12.2 Å². The molecule has 0 aromatic carbocycles. The molecule has 0 spiro atoms. The molecule has 70 valence electrons. The average molecular weight is 196 g/mol. The lowest BCUT2D eigenvalue weighted by atomic mass is 9.83. The van der Waals surface area contributed by atoms with Crippen molar-refractivity contribution in [3.05, 3.63) is 0 Å². The summed E-state index contributed by atoms with van der Waals surface area (Å²) in [6, 6.07) is 0. The Morgan fingerprint density at radius 3 is 2.50 bits per heavy atom. The SMILES string of the molecule is CC1(C(=O)O)CSCCC1(F)F. The number of carboxylic acids is 1. The minimum Gasteiger partial charge on any atom is -0.481 e. The molecule has 1 N–H and O–H groups in total. The summed E-state index contributed by atoms with van der Waals surface area (Å²) in [5.74, 6) is -4.13. The Morgan fingerprint density at radius 1 is 1.58 bits per heavy atom. The number of alkyl halides is 2. The standard InChI is InChI=1S/C7H10F2O2S/c1-6(5(10)11)4-12-3-2-7(6,8)9/h2-4H2,1H3,(H,10,11). The Labute approximate surface area is 73.3 Å². The number of aliphatic carboxylic acids is 1. The van der Waals surface area contributed by atoms with Crippen LogP contribution in [0, 0.1) is 5.41 Å². The highest BCUT2D eigenvalue weighted by Crippen LogP contribution is 2.46. The van der Waals surface area contributed by atoms with Crippen LogP contribution in [0.25, 0.3) is 0 Å². The average Bonchev–Trinajstić information content (AvgIpc) is 1.95. The molecule has 1 atom stereocenters. The Hall–Kier alpha value is -0.320. The Balaban J connectivity index is 2.91. The van der Waals surface area contributed by atoms with Crippen molar-refractivity contribution in [1.29, 1.82) is 0 Å². The van der Waals surface area contributed by atoms with E-state index in [1.807, 2.05) is 0 Å². The first-order valence-electron chi connectivity index (χ1n) is 3.59. The molecule has 1 rings (SSSR count). The molecule has 5 heteroatoms. The molecule has 1 unspecified atom stereocenters. The van der Waals surface area contributed by atoms with Crippen LogP contribution in [0.15, 0.2) is 0 Å². The van der Waals surface area contributed by atoms with Gasteiger partial charge in [0.05, 0.1) is 0 Å². The molecule has 0 amide bonds. The van der Waals surface area contributed by atoms with E-state index in [-0.39, 0.29) is 12.2 Å². The van der Waals surface area contributed by atoms with Crippen LogP contribution >= 0.6 is 11.8 Å². The van der Waals surface area contributed by atoms with Crippen LogP contribution in [0.4, 0.5) is 8.78 Å². The molecule has 12 heavy (non-hydrogen) atoms. The largest absolute Gasteiger partial charge is 0.481 e. The second-order valence-electron chi connectivity index (χ2n) is 3.14. The van der Waals surface area contributed by atoms with Gasteiger partial charge in [0.15, 0.2) is 0 Å². The van der Waals surface area contributed by atoms with Gasteiger partial charge in [0.1, 0.15) is 5.41 Å². The van der Waals surface area contributed by atoms with E-state index in [1.54, 1.807) is 0 Å². The summed E-state index contributed by atoms with van der Waals surface area (Å²) < 4.78 is 26.2. The molecule has 2 nitrogen and oxygen atoms in total. The minimum absolute atomic E-state index is 0.00463. The zero-order valence-electron chi connectivity index (χ0n) is 6.64. The highest BCUT2D eigenvalue weighted by atomic mass is 32.2. The zero-order chi connectivity index (χ0) is 9.41. The van der Waals surface area contributed by atoms with Gasteiger partial charge < -0.3 is 5.11 Å². The molecular weight excluding hydrogens is 186 g/mol. The number of carbonyl (C=O) groups is 1. The van der Waals surface area contributed by atoms with Crippen LogP contribution in [-0.2, 0) is 4.79 Å². The van der Waals surface area contributed by atoms with E-state index in [0.717, 1.165) is 6.92 Å². The van der Waals surface area contributed by atoms with E-state index in [2.05, 4.69) is 0 Å². The molecule has 1 saturated heterocycles. The van der Waals surface area contributed by atoms with Crippen LogP contribution in [0.3, 0.4) is 0 Å². The summed E-state index contributed by atoms with van der Waals surface area (Å²) >= 11 is 1.27. The Morgan fingerprint density at radius 2 is 2.17 bits per heavy atom. The first-order chi connectivity index (χ1) is 5.40. The number of hydrogen-bond acceptors (Lipinski definition) is 2. The van der Waals surface area contributed by atoms with Crippen molar-refractivity contribution in [2.45, 2.75) is 19.3 Å². The van der Waals surface area contributed by atoms with E-state index in [9.17, 15) is 13.6 Å². The zero-order valence-corrected chi connectivity index (χ0v) is 7.46. The van der Waals surface area contributed by atoms with Crippen LogP contribution in [-0.4, -0.2) is 28.5 Å². The summed E-state index contributed by atoms with van der Waals surface area (Å²) in [7, 11) is 0. The number of hydrogen-bond donors (Lipinski definition) is 1. The summed E-state index contributed by atoms with van der Waals surface area (Å²) in [4.78, 5) is 10.6. The van der Waals surface area contributed by atoms with Crippen molar-refractivity contribution < 1.29 is 18.7 Å². The maximum absolute atomic E-state index is 13.1. The van der Waals surface area contributed by atoms with E-state index >= 15 is 0 Å². The van der Waals surface area contributed by atoms with Crippen molar-refractivity contribution in [1.82, 2.24) is 0 Å². The van der Waals surface area contributed by atoms with Gasteiger partial charge in [-0.05, 0) is 12.7 Å². The molecule has 0 aromatic rings. The minimum atomic E-state index is -3.07. The van der Waals surface area contributed by atoms with Crippen molar-refractivity contribution in [3.8, 4) is 0 Å². The monoisotopic (exact) mass is 196 g/mol. The maximum atomic E-state index is 13.1. The molecule has 1 heterocycles. The normalized spacial score (nSPS) is 34.6. The molecule has 1 fully saturated rings. The van der Waals surface area contributed by atoms with Gasteiger partial charge in [-0.25, -0.2) is 8.78 Å². The van der Waals surface area contributed by atoms with E-state index in [4.69, 9.17) is 5.11 Å². The number of rotatable bonds is 1. The number of halogens is 2. The topological polar surface area (TPSA) is 37.3 Å². The van der Waals surface area contributed by atoms with Gasteiger partial charge in [-0.15, -0.1) is 0 Å². The van der Waals surface area contributed by atoms with Gasteiger partial charge in [0.2, 0.25) is 0 Å². The smallest absolute Gasteiger partial charge is 0.316 e. The third-order valence-corrected chi connectivity index (χ3v) is 3.50. The van der Waals surface area contributed by atoms with Gasteiger partial charge in [-0.1, -0.05) is 0 Å². The lowest BCUT2D eigenvalue weighted by Gasteiger charge is -2.36. The second-order valence-corrected chi connectivity index (χ2v) is 4.25. The highest BCUT2D eigenvalue weighted by molar-refractivity contribution is 7.99. The van der Waals surface area contributed by atoms with Gasteiger partial charge >= 0.3 is 5.97 Å². The summed E-state index contributed by atoms with van der Waals surface area (Å²) in [5, 5.41) is 8.64. The fourth-order valence-electron chi connectivity index (χ4n) is 1.08. The molecule has 1 aliphatic rings. The molecule has 0 bridgehead atoms. The lowest BCUT2D eigenvalue weighted by Crippen LogP contribution is -2.50. The van der Waals surface area contributed by atoms with Crippen LogP contribution < -0.4 is 0 Å². The first kappa shape index (κ1) is 9.77. The Bertz CT molecular complexity index is 208. The molecule has 1 aliphatic heterocycles. The summed E-state index contributed by atoms with van der Waals surface area (Å²) in [5.41, 5.74) is -1.88. The molecule has 0 aliphatic carbocycles. The molecular formula is C7H10F2O2S. The summed E-state index contributed by atoms with van der Waals surface area (Å²) in [6.07, 6.45) is -0.333. The highest BCUT2D eigenvalue weighted by Gasteiger charge is 2.57. The fourth-order valence-corrected chi connectivity index (χ4v) is 2.36. The third kappa shape index (κ3) is 1.30. The number of thioether (sulfide) groups is 1. The molecule has 0 radical (unpaired) electrons. The fraction of sp³-hybridized carbons (Fsp3) is 0.857. The van der Waals surface area contributed by atoms with Gasteiger partial charge in [0.25, 0.3) is 5.92 Å². The molecule has 0 aromatic heterocycles. The summed E-state index contributed by atoms with van der Waals surface area (Å²) in [6.45, 7) is 1.11. The lowest BCUT2D eigenvalue weighted by molar-refractivity contribution is -0.173. The van der Waals surface area contributed by atoms with Crippen LogP contribution in [0.5, 0.6) is 0 Å². The quantitative estimate of drug-likeness (QED) is 0.695. The predicted octanol–water partition coefficient (Wildman–Crippen LogP) is 1.85. The van der Waals surface area contributed by atoms with E-state index in [0.29, 0.717) is 5.75 Å². The van der Waals surface area contributed by atoms with E-state index < -0.39 is 17.3 Å². The van der Waals surface area contributed by atoms with Crippen LogP contribution in [0.1, 0.15) is 13.3 Å².